The van der Waals surface area contributed by atoms with Crippen LogP contribution in [0.5, 0.6) is 0 Å². The third kappa shape index (κ3) is 3.95. The third-order valence-corrected chi connectivity index (χ3v) is 7.12. The summed E-state index contributed by atoms with van der Waals surface area (Å²) in [5, 5.41) is 0. The van der Waals surface area contributed by atoms with Gasteiger partial charge in [-0.15, -0.1) is 0 Å². The Hall–Kier alpha value is -1.88. The number of amides is 2. The number of carbonyl (C=O) groups excluding carboxylic acids is 2. The standard InChI is InChI=1S/C23H33N3O2/c1-16-5-2-8-19(13-16)22(27)25-9-4-10-26(12-11-25)23(28)20-14-17-6-3-7-18(15-20)21(17)24/h2,5,8,13,17-18,20-21H,3-4,6-7,9-12,14-15,24H2,1H3. The Morgan fingerprint density at radius 2 is 1.64 bits per heavy atom. The maximum Gasteiger partial charge on any atom is 0.253 e. The van der Waals surface area contributed by atoms with Gasteiger partial charge in [-0.3, -0.25) is 9.59 Å². The van der Waals surface area contributed by atoms with Gasteiger partial charge < -0.3 is 15.5 Å². The van der Waals surface area contributed by atoms with Gasteiger partial charge >= 0.3 is 0 Å². The Morgan fingerprint density at radius 1 is 0.964 bits per heavy atom. The highest BCUT2D eigenvalue weighted by Gasteiger charge is 2.41. The van der Waals surface area contributed by atoms with Crippen molar-refractivity contribution in [3.05, 3.63) is 35.4 Å². The van der Waals surface area contributed by atoms with Crippen LogP contribution in [0.15, 0.2) is 24.3 Å². The zero-order valence-electron chi connectivity index (χ0n) is 17.0. The summed E-state index contributed by atoms with van der Waals surface area (Å²) in [5.41, 5.74) is 8.24. The van der Waals surface area contributed by atoms with E-state index in [4.69, 9.17) is 5.73 Å². The van der Waals surface area contributed by atoms with E-state index < -0.39 is 0 Å². The van der Waals surface area contributed by atoms with Gasteiger partial charge in [-0.1, -0.05) is 24.1 Å². The first-order chi connectivity index (χ1) is 13.5. The summed E-state index contributed by atoms with van der Waals surface area (Å²) in [6.07, 6.45) is 6.39. The minimum atomic E-state index is 0.0798. The lowest BCUT2D eigenvalue weighted by Gasteiger charge is -2.44. The van der Waals surface area contributed by atoms with Crippen molar-refractivity contribution >= 4 is 11.8 Å². The van der Waals surface area contributed by atoms with E-state index >= 15 is 0 Å². The van der Waals surface area contributed by atoms with Crippen LogP contribution in [0.4, 0.5) is 0 Å². The number of rotatable bonds is 2. The van der Waals surface area contributed by atoms with Crippen LogP contribution in [0.3, 0.4) is 0 Å². The van der Waals surface area contributed by atoms with Crippen molar-refractivity contribution < 1.29 is 9.59 Å². The van der Waals surface area contributed by atoms with Crippen LogP contribution in [-0.4, -0.2) is 53.8 Å². The lowest BCUT2D eigenvalue weighted by Crippen LogP contribution is -2.50. The van der Waals surface area contributed by atoms with Crippen LogP contribution in [0.2, 0.25) is 0 Å². The number of nitrogens with two attached hydrogens (primary N) is 1. The van der Waals surface area contributed by atoms with Gasteiger partial charge in [0, 0.05) is 43.7 Å². The predicted octanol–water partition coefficient (Wildman–Crippen LogP) is 2.82. The molecule has 2 N–H and O–H groups in total. The number of aryl methyl sites for hydroxylation is 1. The van der Waals surface area contributed by atoms with Crippen LogP contribution >= 0.6 is 0 Å². The minimum Gasteiger partial charge on any atom is -0.341 e. The molecule has 0 spiro atoms. The number of hydrogen-bond acceptors (Lipinski definition) is 3. The second kappa shape index (κ2) is 8.24. The van der Waals surface area contributed by atoms with Crippen LogP contribution in [-0.2, 0) is 4.79 Å². The number of nitrogens with zero attached hydrogens (tertiary/aromatic N) is 2. The first kappa shape index (κ1) is 19.4. The van der Waals surface area contributed by atoms with Crippen molar-refractivity contribution in [3.63, 3.8) is 0 Å². The topological polar surface area (TPSA) is 66.6 Å². The van der Waals surface area contributed by atoms with Crippen LogP contribution in [0, 0.1) is 24.7 Å². The molecule has 1 saturated heterocycles. The Kier molecular flexibility index (Phi) is 5.72. The molecule has 2 unspecified atom stereocenters. The summed E-state index contributed by atoms with van der Waals surface area (Å²) in [6, 6.07) is 8.06. The molecule has 5 nitrogen and oxygen atoms in total. The predicted molar refractivity (Wildman–Crippen MR) is 110 cm³/mol. The highest BCUT2D eigenvalue weighted by molar-refractivity contribution is 5.94. The fourth-order valence-corrected chi connectivity index (χ4v) is 5.55. The van der Waals surface area contributed by atoms with Gasteiger partial charge in [0.1, 0.15) is 0 Å². The molecule has 2 aliphatic carbocycles. The normalized spacial score (nSPS) is 30.6. The van der Waals surface area contributed by atoms with Crippen molar-refractivity contribution in [1.29, 1.82) is 0 Å². The van der Waals surface area contributed by atoms with Crippen molar-refractivity contribution in [3.8, 4) is 0 Å². The fourth-order valence-electron chi connectivity index (χ4n) is 5.55. The highest BCUT2D eigenvalue weighted by atomic mass is 16.2. The van der Waals surface area contributed by atoms with Gasteiger partial charge in [-0.2, -0.15) is 0 Å². The number of carbonyl (C=O) groups is 2. The Balaban J connectivity index is 1.37. The molecule has 3 aliphatic rings. The van der Waals surface area contributed by atoms with Crippen LogP contribution in [0.1, 0.15) is 54.4 Å². The van der Waals surface area contributed by atoms with Crippen molar-refractivity contribution in [1.82, 2.24) is 9.80 Å². The zero-order chi connectivity index (χ0) is 19.7. The van der Waals surface area contributed by atoms with Gasteiger partial charge in [-0.05, 0) is 63.0 Å². The Labute approximate surface area is 168 Å². The molecule has 1 aromatic rings. The average Bonchev–Trinajstić information content (AvgIpc) is 2.93. The molecule has 28 heavy (non-hydrogen) atoms. The number of benzene rings is 1. The van der Waals surface area contributed by atoms with Crippen molar-refractivity contribution in [2.24, 2.45) is 23.5 Å². The van der Waals surface area contributed by atoms with Gasteiger partial charge in [0.15, 0.2) is 0 Å². The highest BCUT2D eigenvalue weighted by Crippen LogP contribution is 2.42. The molecule has 1 heterocycles. The average molecular weight is 384 g/mol. The van der Waals surface area contributed by atoms with Gasteiger partial charge in [0.25, 0.3) is 5.91 Å². The first-order valence-electron chi connectivity index (χ1n) is 10.9. The van der Waals surface area contributed by atoms with E-state index in [2.05, 4.69) is 0 Å². The smallest absolute Gasteiger partial charge is 0.253 e. The molecule has 3 fully saturated rings. The Bertz CT molecular complexity index is 720. The summed E-state index contributed by atoms with van der Waals surface area (Å²) in [5.74, 6) is 1.56. The molecule has 1 aliphatic heterocycles. The fraction of sp³-hybridized carbons (Fsp3) is 0.652. The summed E-state index contributed by atoms with van der Waals surface area (Å²) in [6.45, 7) is 4.75. The van der Waals surface area contributed by atoms with E-state index in [0.29, 0.717) is 36.9 Å². The molecular weight excluding hydrogens is 350 g/mol. The van der Waals surface area contributed by atoms with Gasteiger partial charge in [0.2, 0.25) is 5.91 Å². The molecule has 2 amide bonds. The molecule has 2 bridgehead atoms. The van der Waals surface area contributed by atoms with Crippen LogP contribution in [0.25, 0.3) is 0 Å². The number of hydrogen-bond donors (Lipinski definition) is 1. The maximum atomic E-state index is 13.2. The monoisotopic (exact) mass is 383 g/mol. The molecule has 2 saturated carbocycles. The quantitative estimate of drug-likeness (QED) is 0.854. The molecule has 1 aromatic carbocycles. The zero-order valence-corrected chi connectivity index (χ0v) is 17.0. The first-order valence-corrected chi connectivity index (χ1v) is 10.9. The molecule has 2 atom stereocenters. The van der Waals surface area contributed by atoms with Crippen LogP contribution < -0.4 is 5.73 Å². The van der Waals surface area contributed by atoms with E-state index in [-0.39, 0.29) is 11.8 Å². The van der Waals surface area contributed by atoms with Crippen molar-refractivity contribution in [2.75, 3.05) is 26.2 Å². The second-order valence-corrected chi connectivity index (χ2v) is 9.04. The molecule has 0 aromatic heterocycles. The lowest BCUT2D eigenvalue weighted by atomic mass is 9.65. The second-order valence-electron chi connectivity index (χ2n) is 9.04. The van der Waals surface area contributed by atoms with E-state index in [1.165, 1.54) is 19.3 Å². The van der Waals surface area contributed by atoms with E-state index in [9.17, 15) is 9.59 Å². The molecule has 5 heteroatoms. The molecular formula is C23H33N3O2. The molecule has 0 radical (unpaired) electrons. The minimum absolute atomic E-state index is 0.0798. The third-order valence-electron chi connectivity index (χ3n) is 7.12. The largest absolute Gasteiger partial charge is 0.341 e. The summed E-state index contributed by atoms with van der Waals surface area (Å²) in [4.78, 5) is 30.0. The molecule has 4 rings (SSSR count). The van der Waals surface area contributed by atoms with E-state index in [1.54, 1.807) is 0 Å². The van der Waals surface area contributed by atoms with Gasteiger partial charge in [-0.25, -0.2) is 0 Å². The summed E-state index contributed by atoms with van der Waals surface area (Å²) < 4.78 is 0. The number of fused-ring (bicyclic) bond motifs is 2. The Morgan fingerprint density at radius 3 is 2.36 bits per heavy atom. The maximum absolute atomic E-state index is 13.2. The SMILES string of the molecule is Cc1cccc(C(=O)N2CCCN(C(=O)C3CC4CCCC(C3)C4N)CC2)c1. The van der Waals surface area contributed by atoms with Crippen molar-refractivity contribution in [2.45, 2.75) is 51.5 Å². The molecule has 152 valence electrons. The van der Waals surface area contributed by atoms with E-state index in [1.807, 2.05) is 41.0 Å². The lowest BCUT2D eigenvalue weighted by molar-refractivity contribution is -0.138. The van der Waals surface area contributed by atoms with Gasteiger partial charge in [0.05, 0.1) is 0 Å². The summed E-state index contributed by atoms with van der Waals surface area (Å²) in [7, 11) is 0. The van der Waals surface area contributed by atoms with E-state index in [0.717, 1.165) is 43.5 Å². The summed E-state index contributed by atoms with van der Waals surface area (Å²) >= 11 is 0.